The van der Waals surface area contributed by atoms with E-state index in [1.54, 1.807) is 6.92 Å². The van der Waals surface area contributed by atoms with Crippen LogP contribution in [0.15, 0.2) is 0 Å². The minimum atomic E-state index is 0.290. The number of carbonyl (C=O) groups excluding carboxylic acids is 1. The molecule has 1 unspecified atom stereocenters. The zero-order valence-electron chi connectivity index (χ0n) is 9.55. The third-order valence-corrected chi connectivity index (χ3v) is 3.16. The van der Waals surface area contributed by atoms with E-state index >= 15 is 0 Å². The number of Topliss-reactive ketones (excluding diaryl/α,β-unsaturated/α-hetero) is 1. The molecule has 0 bridgehead atoms. The average molecular weight is 198 g/mol. The predicted octanol–water partition coefficient (Wildman–Crippen LogP) is 1.04. The molecule has 3 heteroatoms. The summed E-state index contributed by atoms with van der Waals surface area (Å²) in [5.41, 5.74) is 0. The van der Waals surface area contributed by atoms with Crippen LogP contribution in [0.25, 0.3) is 0 Å². The van der Waals surface area contributed by atoms with E-state index in [0.29, 0.717) is 24.3 Å². The van der Waals surface area contributed by atoms with Crippen molar-refractivity contribution < 1.29 is 4.79 Å². The lowest BCUT2D eigenvalue weighted by Crippen LogP contribution is -2.45. The molecule has 1 heterocycles. The molecule has 0 aromatic heterocycles. The van der Waals surface area contributed by atoms with Crippen LogP contribution >= 0.6 is 0 Å². The Balaban J connectivity index is 2.37. The first kappa shape index (κ1) is 11.7. The molecule has 1 aliphatic rings. The van der Waals surface area contributed by atoms with Crippen molar-refractivity contribution in [3.63, 3.8) is 0 Å². The fourth-order valence-electron chi connectivity index (χ4n) is 2.13. The Bertz CT molecular complexity index is 188. The van der Waals surface area contributed by atoms with Gasteiger partial charge in [0.15, 0.2) is 0 Å². The molecule has 14 heavy (non-hydrogen) atoms. The van der Waals surface area contributed by atoms with Crippen molar-refractivity contribution in [1.82, 2.24) is 10.2 Å². The molecule has 0 spiro atoms. The summed E-state index contributed by atoms with van der Waals surface area (Å²) in [6.45, 7) is 6.04. The van der Waals surface area contributed by atoms with E-state index in [2.05, 4.69) is 24.2 Å². The van der Waals surface area contributed by atoms with Gasteiger partial charge in [-0.05, 0) is 46.8 Å². The summed E-state index contributed by atoms with van der Waals surface area (Å²) in [5, 5.41) is 3.36. The fourth-order valence-corrected chi connectivity index (χ4v) is 2.13. The highest BCUT2D eigenvalue weighted by Gasteiger charge is 2.22. The van der Waals surface area contributed by atoms with E-state index in [9.17, 15) is 4.79 Å². The Morgan fingerprint density at radius 2 is 2.07 bits per heavy atom. The molecule has 0 aromatic rings. The van der Waals surface area contributed by atoms with Gasteiger partial charge < -0.3 is 10.2 Å². The van der Waals surface area contributed by atoms with E-state index in [-0.39, 0.29) is 0 Å². The normalized spacial score (nSPS) is 21.1. The number of nitrogens with zero attached hydrogens (tertiary/aromatic N) is 1. The van der Waals surface area contributed by atoms with Gasteiger partial charge in [0.1, 0.15) is 5.78 Å². The standard InChI is InChI=1S/C11H22N2O/c1-9(8-10(2)14)13(3)11-4-6-12-7-5-11/h9,11-12H,4-8H2,1-3H3. The van der Waals surface area contributed by atoms with Gasteiger partial charge >= 0.3 is 0 Å². The van der Waals surface area contributed by atoms with Crippen molar-refractivity contribution in [1.29, 1.82) is 0 Å². The Kier molecular flexibility index (Phi) is 4.55. The summed E-state index contributed by atoms with van der Waals surface area (Å²) in [6, 6.07) is 1.04. The maximum Gasteiger partial charge on any atom is 0.131 e. The molecule has 1 N–H and O–H groups in total. The zero-order valence-corrected chi connectivity index (χ0v) is 9.55. The van der Waals surface area contributed by atoms with Gasteiger partial charge in [0.25, 0.3) is 0 Å². The third-order valence-electron chi connectivity index (χ3n) is 3.16. The van der Waals surface area contributed by atoms with E-state index in [4.69, 9.17) is 0 Å². The summed E-state index contributed by atoms with van der Waals surface area (Å²) in [7, 11) is 2.14. The second kappa shape index (κ2) is 5.47. The lowest BCUT2D eigenvalue weighted by molar-refractivity contribution is -0.118. The van der Waals surface area contributed by atoms with Crippen LogP contribution in [-0.2, 0) is 4.79 Å². The molecular weight excluding hydrogens is 176 g/mol. The van der Waals surface area contributed by atoms with Crippen LogP contribution in [0.4, 0.5) is 0 Å². The quantitative estimate of drug-likeness (QED) is 0.732. The minimum absolute atomic E-state index is 0.290. The number of rotatable bonds is 4. The van der Waals surface area contributed by atoms with Crippen molar-refractivity contribution >= 4 is 5.78 Å². The van der Waals surface area contributed by atoms with Crippen LogP contribution in [0.3, 0.4) is 0 Å². The molecule has 1 fully saturated rings. The smallest absolute Gasteiger partial charge is 0.131 e. The summed E-state index contributed by atoms with van der Waals surface area (Å²) in [5.74, 6) is 0.290. The zero-order chi connectivity index (χ0) is 10.6. The van der Waals surface area contributed by atoms with Gasteiger partial charge in [0, 0.05) is 18.5 Å². The molecule has 0 aromatic carbocycles. The van der Waals surface area contributed by atoms with Gasteiger partial charge in [0.2, 0.25) is 0 Å². The van der Waals surface area contributed by atoms with Crippen molar-refractivity contribution in [2.24, 2.45) is 0 Å². The number of nitrogens with one attached hydrogen (secondary N) is 1. The van der Waals surface area contributed by atoms with Crippen molar-refractivity contribution in [2.75, 3.05) is 20.1 Å². The number of carbonyl (C=O) groups is 1. The fraction of sp³-hybridized carbons (Fsp3) is 0.909. The molecule has 0 amide bonds. The minimum Gasteiger partial charge on any atom is -0.317 e. The highest BCUT2D eigenvalue weighted by molar-refractivity contribution is 5.76. The van der Waals surface area contributed by atoms with Gasteiger partial charge in [-0.3, -0.25) is 4.79 Å². The second-order valence-electron chi connectivity index (χ2n) is 4.40. The van der Waals surface area contributed by atoms with Crippen molar-refractivity contribution in [3.8, 4) is 0 Å². The first-order chi connectivity index (χ1) is 6.61. The van der Waals surface area contributed by atoms with Crippen LogP contribution in [0.1, 0.15) is 33.1 Å². The third kappa shape index (κ3) is 3.39. The predicted molar refractivity (Wildman–Crippen MR) is 58.4 cm³/mol. The molecule has 1 atom stereocenters. The van der Waals surface area contributed by atoms with Gasteiger partial charge in [-0.15, -0.1) is 0 Å². The summed E-state index contributed by atoms with van der Waals surface area (Å²) >= 11 is 0. The number of piperidine rings is 1. The van der Waals surface area contributed by atoms with Gasteiger partial charge in [-0.25, -0.2) is 0 Å². The van der Waals surface area contributed by atoms with Crippen LogP contribution in [0.5, 0.6) is 0 Å². The maximum atomic E-state index is 11.0. The molecule has 3 nitrogen and oxygen atoms in total. The highest BCUT2D eigenvalue weighted by atomic mass is 16.1. The van der Waals surface area contributed by atoms with Crippen LogP contribution in [0, 0.1) is 0 Å². The van der Waals surface area contributed by atoms with Crippen molar-refractivity contribution in [3.05, 3.63) is 0 Å². The Morgan fingerprint density at radius 3 is 2.57 bits per heavy atom. The van der Waals surface area contributed by atoms with Gasteiger partial charge in [-0.2, -0.15) is 0 Å². The molecule has 0 saturated carbocycles. The Labute approximate surface area is 86.9 Å². The number of hydrogen-bond donors (Lipinski definition) is 1. The molecule has 1 aliphatic heterocycles. The lowest BCUT2D eigenvalue weighted by atomic mass is 10.0. The molecule has 82 valence electrons. The maximum absolute atomic E-state index is 11.0. The molecule has 0 radical (unpaired) electrons. The van der Waals surface area contributed by atoms with E-state index in [1.165, 1.54) is 12.8 Å². The van der Waals surface area contributed by atoms with E-state index in [0.717, 1.165) is 13.1 Å². The molecular formula is C11H22N2O. The van der Waals surface area contributed by atoms with E-state index < -0.39 is 0 Å². The first-order valence-electron chi connectivity index (χ1n) is 5.53. The SMILES string of the molecule is CC(=O)CC(C)N(C)C1CCNCC1. The Hall–Kier alpha value is -0.410. The van der Waals surface area contributed by atoms with Crippen LogP contribution in [-0.4, -0.2) is 42.9 Å². The molecule has 1 rings (SSSR count). The lowest BCUT2D eigenvalue weighted by Gasteiger charge is -2.35. The molecule has 0 aliphatic carbocycles. The average Bonchev–Trinajstić information content (AvgIpc) is 2.17. The largest absolute Gasteiger partial charge is 0.317 e. The van der Waals surface area contributed by atoms with Gasteiger partial charge in [0.05, 0.1) is 0 Å². The topological polar surface area (TPSA) is 32.3 Å². The van der Waals surface area contributed by atoms with Gasteiger partial charge in [-0.1, -0.05) is 0 Å². The van der Waals surface area contributed by atoms with Crippen LogP contribution in [0.2, 0.25) is 0 Å². The summed E-state index contributed by atoms with van der Waals surface area (Å²) in [6.07, 6.45) is 3.10. The monoisotopic (exact) mass is 198 g/mol. The second-order valence-corrected chi connectivity index (χ2v) is 4.40. The van der Waals surface area contributed by atoms with Crippen LogP contribution < -0.4 is 5.32 Å². The first-order valence-corrected chi connectivity index (χ1v) is 5.53. The highest BCUT2D eigenvalue weighted by Crippen LogP contribution is 2.14. The van der Waals surface area contributed by atoms with Crippen molar-refractivity contribution in [2.45, 2.75) is 45.2 Å². The number of ketones is 1. The molecule has 1 saturated heterocycles. The summed E-state index contributed by atoms with van der Waals surface area (Å²) < 4.78 is 0. The number of hydrogen-bond acceptors (Lipinski definition) is 3. The van der Waals surface area contributed by atoms with E-state index in [1.807, 2.05) is 0 Å². The summed E-state index contributed by atoms with van der Waals surface area (Å²) in [4.78, 5) is 13.4. The Morgan fingerprint density at radius 1 is 1.50 bits per heavy atom.